The fraction of sp³-hybridized carbons (Fsp3) is 0.875. The first-order chi connectivity index (χ1) is 4.20. The number of rotatable bonds is 3. The van der Waals surface area contributed by atoms with Gasteiger partial charge in [-0.05, 0) is 39.5 Å². The minimum absolute atomic E-state index is 0.153. The molecule has 0 N–H and O–H groups in total. The Hall–Kier alpha value is -0.0400. The van der Waals surface area contributed by atoms with E-state index in [-0.39, 0.29) is 6.10 Å². The third-order valence-electron chi connectivity index (χ3n) is 1.73. The molecule has 1 aliphatic rings. The quantitative estimate of drug-likeness (QED) is 0.563. The van der Waals surface area contributed by atoms with Crippen LogP contribution in [0.15, 0.2) is 0 Å². The van der Waals surface area contributed by atoms with Crippen molar-refractivity contribution in [3.63, 3.8) is 0 Å². The number of hydrogen-bond donors (Lipinski definition) is 0. The van der Waals surface area contributed by atoms with Gasteiger partial charge >= 0.3 is 0 Å². The molecule has 1 heteroatoms. The summed E-state index contributed by atoms with van der Waals surface area (Å²) in [5, 5.41) is 0. The monoisotopic (exact) mass is 127 g/mol. The Kier molecular flexibility index (Phi) is 2.12. The van der Waals surface area contributed by atoms with Gasteiger partial charge in [-0.25, -0.2) is 0 Å². The normalized spacial score (nSPS) is 22.7. The SMILES string of the molecule is [CH2]C(C)OC(C)C1CC1. The second kappa shape index (κ2) is 2.70. The molecule has 9 heavy (non-hydrogen) atoms. The molecule has 1 nitrogen and oxygen atoms in total. The molecule has 0 aromatic heterocycles. The van der Waals surface area contributed by atoms with Gasteiger partial charge in [0.25, 0.3) is 0 Å². The van der Waals surface area contributed by atoms with Gasteiger partial charge in [0.15, 0.2) is 0 Å². The highest BCUT2D eigenvalue weighted by molar-refractivity contribution is 4.79. The van der Waals surface area contributed by atoms with E-state index < -0.39 is 0 Å². The molecule has 1 radical (unpaired) electrons. The standard InChI is InChI=1S/C8H15O/c1-6(2)9-7(3)8-4-5-8/h6-8H,1,4-5H2,2-3H3. The first-order valence-corrected chi connectivity index (χ1v) is 3.68. The molecule has 1 aliphatic carbocycles. The molecular formula is C8H15O. The molecule has 1 saturated carbocycles. The van der Waals surface area contributed by atoms with Crippen LogP contribution in [0.2, 0.25) is 0 Å². The molecular weight excluding hydrogens is 112 g/mol. The molecule has 0 amide bonds. The smallest absolute Gasteiger partial charge is 0.0578 e. The van der Waals surface area contributed by atoms with Crippen LogP contribution >= 0.6 is 0 Å². The largest absolute Gasteiger partial charge is 0.375 e. The maximum absolute atomic E-state index is 5.46. The second-order valence-electron chi connectivity index (χ2n) is 2.99. The van der Waals surface area contributed by atoms with Crippen LogP contribution in [-0.4, -0.2) is 12.2 Å². The van der Waals surface area contributed by atoms with Crippen molar-refractivity contribution in [1.82, 2.24) is 0 Å². The first kappa shape index (κ1) is 7.07. The molecule has 0 aromatic rings. The topological polar surface area (TPSA) is 9.23 Å². The number of ether oxygens (including phenoxy) is 1. The minimum atomic E-state index is 0.153. The summed E-state index contributed by atoms with van der Waals surface area (Å²) < 4.78 is 5.46. The Morgan fingerprint density at radius 1 is 1.44 bits per heavy atom. The number of hydrogen-bond acceptors (Lipinski definition) is 1. The Bertz CT molecular complexity index is 84.6. The van der Waals surface area contributed by atoms with Crippen molar-refractivity contribution in [3.8, 4) is 0 Å². The fourth-order valence-electron chi connectivity index (χ4n) is 1.04. The molecule has 0 bridgehead atoms. The zero-order valence-electron chi connectivity index (χ0n) is 6.26. The third kappa shape index (κ3) is 2.35. The van der Waals surface area contributed by atoms with Crippen molar-refractivity contribution in [2.45, 2.75) is 38.9 Å². The van der Waals surface area contributed by atoms with Crippen LogP contribution < -0.4 is 0 Å². The van der Waals surface area contributed by atoms with E-state index in [1.165, 1.54) is 12.8 Å². The Morgan fingerprint density at radius 2 is 2.00 bits per heavy atom. The van der Waals surface area contributed by atoms with E-state index in [0.29, 0.717) is 6.10 Å². The van der Waals surface area contributed by atoms with Crippen LogP contribution in [0.5, 0.6) is 0 Å². The van der Waals surface area contributed by atoms with E-state index in [9.17, 15) is 0 Å². The van der Waals surface area contributed by atoms with E-state index >= 15 is 0 Å². The summed E-state index contributed by atoms with van der Waals surface area (Å²) >= 11 is 0. The Morgan fingerprint density at radius 3 is 2.33 bits per heavy atom. The van der Waals surface area contributed by atoms with E-state index in [4.69, 9.17) is 4.74 Å². The van der Waals surface area contributed by atoms with Crippen LogP contribution in [-0.2, 0) is 4.74 Å². The molecule has 53 valence electrons. The summed E-state index contributed by atoms with van der Waals surface area (Å²) in [5.74, 6) is 0.842. The van der Waals surface area contributed by atoms with E-state index in [2.05, 4.69) is 13.8 Å². The van der Waals surface area contributed by atoms with Crippen molar-refractivity contribution < 1.29 is 4.74 Å². The van der Waals surface area contributed by atoms with Gasteiger partial charge in [0.05, 0.1) is 12.2 Å². The van der Waals surface area contributed by atoms with Gasteiger partial charge in [0.2, 0.25) is 0 Å². The highest BCUT2D eigenvalue weighted by Crippen LogP contribution is 2.34. The molecule has 1 fully saturated rings. The first-order valence-electron chi connectivity index (χ1n) is 3.68. The minimum Gasteiger partial charge on any atom is -0.375 e. The summed E-state index contributed by atoms with van der Waals surface area (Å²) in [5.41, 5.74) is 0. The Balaban J connectivity index is 2.10. The molecule has 1 rings (SSSR count). The molecule has 0 saturated heterocycles. The van der Waals surface area contributed by atoms with E-state index in [0.717, 1.165) is 5.92 Å². The Labute approximate surface area is 57.4 Å². The van der Waals surface area contributed by atoms with E-state index in [1.807, 2.05) is 6.92 Å². The van der Waals surface area contributed by atoms with Gasteiger partial charge in [-0.3, -0.25) is 0 Å². The molecule has 2 unspecified atom stereocenters. The van der Waals surface area contributed by atoms with Crippen molar-refractivity contribution >= 4 is 0 Å². The maximum Gasteiger partial charge on any atom is 0.0578 e. The fourth-order valence-corrected chi connectivity index (χ4v) is 1.04. The predicted molar refractivity (Wildman–Crippen MR) is 38.1 cm³/mol. The molecule has 0 heterocycles. The van der Waals surface area contributed by atoms with Crippen LogP contribution in [0.25, 0.3) is 0 Å². The summed E-state index contributed by atoms with van der Waals surface area (Å²) in [4.78, 5) is 0. The lowest BCUT2D eigenvalue weighted by molar-refractivity contribution is 0.0198. The second-order valence-corrected chi connectivity index (χ2v) is 2.99. The van der Waals surface area contributed by atoms with Gasteiger partial charge in [-0.2, -0.15) is 0 Å². The molecule has 0 aromatic carbocycles. The van der Waals surface area contributed by atoms with E-state index in [1.54, 1.807) is 0 Å². The summed E-state index contributed by atoms with van der Waals surface area (Å²) in [6.45, 7) is 7.89. The summed E-state index contributed by atoms with van der Waals surface area (Å²) in [7, 11) is 0. The summed E-state index contributed by atoms with van der Waals surface area (Å²) in [6.07, 6.45) is 3.31. The predicted octanol–water partition coefficient (Wildman–Crippen LogP) is 2.02. The highest BCUT2D eigenvalue weighted by Gasteiger charge is 2.28. The van der Waals surface area contributed by atoms with Crippen LogP contribution in [0, 0.1) is 12.8 Å². The van der Waals surface area contributed by atoms with Crippen LogP contribution in [0.1, 0.15) is 26.7 Å². The van der Waals surface area contributed by atoms with Crippen LogP contribution in [0.3, 0.4) is 0 Å². The van der Waals surface area contributed by atoms with Gasteiger partial charge in [-0.1, -0.05) is 0 Å². The molecule has 2 atom stereocenters. The molecule has 0 spiro atoms. The van der Waals surface area contributed by atoms with Crippen molar-refractivity contribution in [2.24, 2.45) is 5.92 Å². The summed E-state index contributed by atoms with van der Waals surface area (Å²) in [6, 6.07) is 0. The van der Waals surface area contributed by atoms with Crippen molar-refractivity contribution in [2.75, 3.05) is 0 Å². The van der Waals surface area contributed by atoms with Gasteiger partial charge < -0.3 is 4.74 Å². The lowest BCUT2D eigenvalue weighted by Gasteiger charge is -2.14. The van der Waals surface area contributed by atoms with Crippen molar-refractivity contribution in [3.05, 3.63) is 6.92 Å². The lowest BCUT2D eigenvalue weighted by atomic mass is 10.2. The van der Waals surface area contributed by atoms with Crippen molar-refractivity contribution in [1.29, 1.82) is 0 Å². The highest BCUT2D eigenvalue weighted by atomic mass is 16.5. The zero-order chi connectivity index (χ0) is 6.85. The maximum atomic E-state index is 5.46. The van der Waals surface area contributed by atoms with Gasteiger partial charge in [0.1, 0.15) is 0 Å². The van der Waals surface area contributed by atoms with Gasteiger partial charge in [-0.15, -0.1) is 0 Å². The molecule has 0 aliphatic heterocycles. The lowest BCUT2D eigenvalue weighted by Crippen LogP contribution is -2.15. The third-order valence-corrected chi connectivity index (χ3v) is 1.73. The average Bonchev–Trinajstić information content (AvgIpc) is 2.40. The van der Waals surface area contributed by atoms with Gasteiger partial charge in [0, 0.05) is 0 Å². The van der Waals surface area contributed by atoms with Crippen LogP contribution in [0.4, 0.5) is 0 Å². The average molecular weight is 127 g/mol. The zero-order valence-corrected chi connectivity index (χ0v) is 6.26.